The molecule has 0 spiro atoms. The molecule has 1 atom stereocenters. The Labute approximate surface area is 162 Å². The van der Waals surface area contributed by atoms with Gasteiger partial charge >= 0.3 is 0 Å². The number of anilines is 1. The molecule has 2 N–H and O–H groups in total. The summed E-state index contributed by atoms with van der Waals surface area (Å²) in [5, 5.41) is 5.70. The highest BCUT2D eigenvalue weighted by Crippen LogP contribution is 2.24. The Hall–Kier alpha value is -2.18. The summed E-state index contributed by atoms with van der Waals surface area (Å²) in [5.74, 6) is 0.254. The van der Waals surface area contributed by atoms with Crippen LogP contribution in [0.25, 0.3) is 0 Å². The Morgan fingerprint density at radius 3 is 2.38 bits per heavy atom. The number of ether oxygens (including phenoxy) is 1. The lowest BCUT2D eigenvalue weighted by atomic mass is 10.3. The number of nitrogens with one attached hydrogen (secondary N) is 2. The fourth-order valence-corrected chi connectivity index (χ4v) is 3.11. The van der Waals surface area contributed by atoms with Gasteiger partial charge in [-0.1, -0.05) is 11.6 Å². The topological polar surface area (TPSA) is 67.4 Å². The lowest BCUT2D eigenvalue weighted by Gasteiger charge is -2.12. The van der Waals surface area contributed by atoms with Gasteiger partial charge in [0.25, 0.3) is 0 Å². The number of carbonyl (C=O) groups excluding carboxylic acids is 2. The van der Waals surface area contributed by atoms with E-state index in [0.717, 1.165) is 10.6 Å². The zero-order valence-electron chi connectivity index (χ0n) is 14.6. The molecule has 0 aliphatic carbocycles. The summed E-state index contributed by atoms with van der Waals surface area (Å²) in [6, 6.07) is 14.3. The van der Waals surface area contributed by atoms with Gasteiger partial charge in [-0.2, -0.15) is 0 Å². The molecule has 2 aromatic carbocycles. The van der Waals surface area contributed by atoms with Crippen molar-refractivity contribution in [3.63, 3.8) is 0 Å². The Morgan fingerprint density at radius 2 is 1.77 bits per heavy atom. The van der Waals surface area contributed by atoms with Gasteiger partial charge < -0.3 is 15.4 Å². The molecule has 2 rings (SSSR count). The SMILES string of the molecule is CCOc1ccc(NC(=O)CNC(=O)C(C)Sc2ccc(Cl)cc2)cc1. The zero-order valence-corrected chi connectivity index (χ0v) is 16.2. The van der Waals surface area contributed by atoms with Crippen LogP contribution >= 0.6 is 23.4 Å². The molecule has 26 heavy (non-hydrogen) atoms. The maximum Gasteiger partial charge on any atom is 0.243 e. The molecule has 2 aromatic rings. The number of hydrogen-bond donors (Lipinski definition) is 2. The number of carbonyl (C=O) groups is 2. The van der Waals surface area contributed by atoms with E-state index >= 15 is 0 Å². The van der Waals surface area contributed by atoms with Crippen LogP contribution in [-0.4, -0.2) is 30.2 Å². The van der Waals surface area contributed by atoms with Gasteiger partial charge in [-0.3, -0.25) is 9.59 Å². The van der Waals surface area contributed by atoms with Gasteiger partial charge in [0.15, 0.2) is 0 Å². The molecule has 7 heteroatoms. The summed E-state index contributed by atoms with van der Waals surface area (Å²) in [6.07, 6.45) is 0. The largest absolute Gasteiger partial charge is 0.494 e. The fourth-order valence-electron chi connectivity index (χ4n) is 2.09. The highest BCUT2D eigenvalue weighted by atomic mass is 35.5. The van der Waals surface area contributed by atoms with Crippen molar-refractivity contribution in [2.24, 2.45) is 0 Å². The van der Waals surface area contributed by atoms with Crippen LogP contribution in [-0.2, 0) is 9.59 Å². The summed E-state index contributed by atoms with van der Waals surface area (Å²) < 4.78 is 5.35. The van der Waals surface area contributed by atoms with Crippen LogP contribution in [0.5, 0.6) is 5.75 Å². The molecule has 0 heterocycles. The Balaban J connectivity index is 1.76. The maximum absolute atomic E-state index is 12.1. The van der Waals surface area contributed by atoms with E-state index in [1.165, 1.54) is 11.8 Å². The first-order chi connectivity index (χ1) is 12.5. The molecule has 0 aliphatic rings. The van der Waals surface area contributed by atoms with E-state index in [1.807, 2.05) is 19.1 Å². The van der Waals surface area contributed by atoms with E-state index in [2.05, 4.69) is 10.6 Å². The van der Waals surface area contributed by atoms with Gasteiger partial charge in [-0.25, -0.2) is 0 Å². The second kappa shape index (κ2) is 10.1. The van der Waals surface area contributed by atoms with Crippen molar-refractivity contribution in [2.75, 3.05) is 18.5 Å². The van der Waals surface area contributed by atoms with Gasteiger partial charge in [-0.15, -0.1) is 11.8 Å². The number of hydrogen-bond acceptors (Lipinski definition) is 4. The Morgan fingerprint density at radius 1 is 1.12 bits per heavy atom. The maximum atomic E-state index is 12.1. The molecule has 1 unspecified atom stereocenters. The third-order valence-corrected chi connectivity index (χ3v) is 4.73. The second-order valence-electron chi connectivity index (χ2n) is 5.44. The van der Waals surface area contributed by atoms with E-state index in [-0.39, 0.29) is 23.6 Å². The predicted octanol–water partition coefficient (Wildman–Crippen LogP) is 3.97. The minimum atomic E-state index is -0.325. The van der Waals surface area contributed by atoms with E-state index in [4.69, 9.17) is 16.3 Å². The molecular formula is C19H21ClN2O3S. The van der Waals surface area contributed by atoms with Crippen LogP contribution in [0.2, 0.25) is 5.02 Å². The number of thioether (sulfide) groups is 1. The lowest BCUT2D eigenvalue weighted by Crippen LogP contribution is -2.37. The number of benzene rings is 2. The van der Waals surface area contributed by atoms with Crippen LogP contribution in [0.4, 0.5) is 5.69 Å². The van der Waals surface area contributed by atoms with Gasteiger partial charge in [0.2, 0.25) is 11.8 Å². The molecule has 0 saturated carbocycles. The summed E-state index contributed by atoms with van der Waals surface area (Å²) in [6.45, 7) is 4.20. The number of halogens is 1. The number of amides is 2. The standard InChI is InChI=1S/C19H21ClN2O3S/c1-3-25-16-8-6-15(7-9-16)22-18(23)12-21-19(24)13(2)26-17-10-4-14(20)5-11-17/h4-11,13H,3,12H2,1-2H3,(H,21,24)(H,22,23). The molecule has 2 amide bonds. The monoisotopic (exact) mass is 392 g/mol. The molecule has 0 fully saturated rings. The molecule has 0 bridgehead atoms. The molecule has 0 aromatic heterocycles. The van der Waals surface area contributed by atoms with Crippen molar-refractivity contribution in [2.45, 2.75) is 24.0 Å². The van der Waals surface area contributed by atoms with Crippen molar-refractivity contribution in [1.29, 1.82) is 0 Å². The van der Waals surface area contributed by atoms with Crippen LogP contribution < -0.4 is 15.4 Å². The Kier molecular flexibility index (Phi) is 7.81. The van der Waals surface area contributed by atoms with Crippen LogP contribution in [0.1, 0.15) is 13.8 Å². The van der Waals surface area contributed by atoms with E-state index < -0.39 is 0 Å². The minimum Gasteiger partial charge on any atom is -0.494 e. The summed E-state index contributed by atoms with van der Waals surface area (Å²) >= 11 is 7.25. The minimum absolute atomic E-state index is 0.0858. The average molecular weight is 393 g/mol. The molecule has 0 radical (unpaired) electrons. The molecule has 5 nitrogen and oxygen atoms in total. The molecular weight excluding hydrogens is 372 g/mol. The van der Waals surface area contributed by atoms with Gasteiger partial charge in [0, 0.05) is 15.6 Å². The zero-order chi connectivity index (χ0) is 18.9. The Bertz CT molecular complexity index is 735. The summed E-state index contributed by atoms with van der Waals surface area (Å²) in [5.41, 5.74) is 0.649. The first kappa shape index (κ1) is 20.1. The second-order valence-corrected chi connectivity index (χ2v) is 7.29. The molecule has 0 saturated heterocycles. The third kappa shape index (κ3) is 6.61. The highest BCUT2D eigenvalue weighted by molar-refractivity contribution is 8.00. The molecule has 0 aliphatic heterocycles. The first-order valence-corrected chi connectivity index (χ1v) is 9.46. The van der Waals surface area contributed by atoms with Crippen molar-refractivity contribution in [3.8, 4) is 5.75 Å². The first-order valence-electron chi connectivity index (χ1n) is 8.20. The predicted molar refractivity (Wildman–Crippen MR) is 106 cm³/mol. The van der Waals surface area contributed by atoms with Crippen molar-refractivity contribution < 1.29 is 14.3 Å². The lowest BCUT2D eigenvalue weighted by molar-refractivity contribution is -0.123. The van der Waals surface area contributed by atoms with Crippen molar-refractivity contribution in [3.05, 3.63) is 53.6 Å². The van der Waals surface area contributed by atoms with E-state index in [0.29, 0.717) is 17.3 Å². The average Bonchev–Trinajstić information content (AvgIpc) is 2.63. The van der Waals surface area contributed by atoms with Crippen LogP contribution in [0.15, 0.2) is 53.4 Å². The summed E-state index contributed by atoms with van der Waals surface area (Å²) in [4.78, 5) is 25.0. The fraction of sp³-hybridized carbons (Fsp3) is 0.263. The molecule has 138 valence electrons. The van der Waals surface area contributed by atoms with Crippen LogP contribution in [0.3, 0.4) is 0 Å². The van der Waals surface area contributed by atoms with Crippen molar-refractivity contribution >= 4 is 40.9 Å². The van der Waals surface area contributed by atoms with Gasteiger partial charge in [0.1, 0.15) is 5.75 Å². The normalized spacial score (nSPS) is 11.5. The number of rotatable bonds is 8. The van der Waals surface area contributed by atoms with E-state index in [9.17, 15) is 9.59 Å². The third-order valence-electron chi connectivity index (χ3n) is 3.37. The summed E-state index contributed by atoms with van der Waals surface area (Å²) in [7, 11) is 0. The van der Waals surface area contributed by atoms with Crippen LogP contribution in [0, 0.1) is 0 Å². The van der Waals surface area contributed by atoms with E-state index in [1.54, 1.807) is 43.3 Å². The van der Waals surface area contributed by atoms with Crippen molar-refractivity contribution in [1.82, 2.24) is 5.32 Å². The smallest absolute Gasteiger partial charge is 0.243 e. The van der Waals surface area contributed by atoms with Gasteiger partial charge in [-0.05, 0) is 62.4 Å². The highest BCUT2D eigenvalue weighted by Gasteiger charge is 2.15. The quantitative estimate of drug-likeness (QED) is 0.667. The van der Waals surface area contributed by atoms with Gasteiger partial charge in [0.05, 0.1) is 18.4 Å².